The van der Waals surface area contributed by atoms with Crippen LogP contribution in [0.15, 0.2) is 69.7 Å². The van der Waals surface area contributed by atoms with E-state index in [1.165, 1.54) is 18.2 Å². The summed E-state index contributed by atoms with van der Waals surface area (Å²) in [6.45, 7) is 1.70. The predicted octanol–water partition coefficient (Wildman–Crippen LogP) is 4.14. The number of phenols is 1. The van der Waals surface area contributed by atoms with Gasteiger partial charge < -0.3 is 5.11 Å². The third-order valence-electron chi connectivity index (χ3n) is 3.53. The van der Waals surface area contributed by atoms with Crippen molar-refractivity contribution in [2.45, 2.75) is 11.8 Å². The van der Waals surface area contributed by atoms with Gasteiger partial charge in [-0.3, -0.25) is 4.55 Å². The molecule has 0 atom stereocenters. The standard InChI is InChI=1S/C17H14N2O4S.Na/c1-11-6-8-14(16(10-11)24(21,22)23)18-19-17-13-5-3-2-4-12(13)7-9-15(17)20;/h2-10,20H,1H3,(H,21,22,23);. The van der Waals surface area contributed by atoms with E-state index in [9.17, 15) is 18.1 Å². The normalized spacial score (nSPS) is 11.6. The van der Waals surface area contributed by atoms with Crippen LogP contribution < -0.4 is 0 Å². The number of fused-ring (bicyclic) bond motifs is 1. The van der Waals surface area contributed by atoms with Gasteiger partial charge in [-0.25, -0.2) is 0 Å². The zero-order valence-corrected chi connectivity index (χ0v) is 16.5. The summed E-state index contributed by atoms with van der Waals surface area (Å²) >= 11 is 0. The van der Waals surface area contributed by atoms with E-state index in [1.807, 2.05) is 12.1 Å². The molecule has 3 rings (SSSR count). The van der Waals surface area contributed by atoms with Crippen LogP contribution in [0.2, 0.25) is 0 Å². The van der Waals surface area contributed by atoms with E-state index >= 15 is 0 Å². The van der Waals surface area contributed by atoms with Gasteiger partial charge in [0.2, 0.25) is 0 Å². The molecule has 123 valence electrons. The molecule has 0 aliphatic carbocycles. The minimum absolute atomic E-state index is 0. The Morgan fingerprint density at radius 3 is 2.40 bits per heavy atom. The summed E-state index contributed by atoms with van der Waals surface area (Å²) in [5.74, 6) is -0.0713. The summed E-state index contributed by atoms with van der Waals surface area (Å²) < 4.78 is 32.3. The van der Waals surface area contributed by atoms with Gasteiger partial charge in [0, 0.05) is 34.9 Å². The van der Waals surface area contributed by atoms with Gasteiger partial charge in [0.15, 0.2) is 0 Å². The van der Waals surface area contributed by atoms with Crippen molar-refractivity contribution in [3.8, 4) is 5.75 Å². The van der Waals surface area contributed by atoms with Gasteiger partial charge in [0.25, 0.3) is 10.1 Å². The van der Waals surface area contributed by atoms with Gasteiger partial charge in [-0.15, -0.1) is 10.2 Å². The van der Waals surface area contributed by atoms with Crippen LogP contribution in [0.25, 0.3) is 10.8 Å². The Bertz CT molecular complexity index is 1070. The van der Waals surface area contributed by atoms with Crippen LogP contribution in [0.4, 0.5) is 11.4 Å². The molecule has 0 aliphatic heterocycles. The van der Waals surface area contributed by atoms with Crippen LogP contribution in [0.5, 0.6) is 5.75 Å². The van der Waals surface area contributed by atoms with Crippen molar-refractivity contribution in [2.24, 2.45) is 10.2 Å². The number of nitrogens with zero attached hydrogens (tertiary/aromatic N) is 2. The van der Waals surface area contributed by atoms with E-state index in [0.29, 0.717) is 10.9 Å². The fraction of sp³-hybridized carbons (Fsp3) is 0.0588. The first-order chi connectivity index (χ1) is 11.4. The molecule has 0 bridgehead atoms. The average molecular weight is 365 g/mol. The number of rotatable bonds is 3. The van der Waals surface area contributed by atoms with E-state index in [1.54, 1.807) is 31.2 Å². The van der Waals surface area contributed by atoms with Gasteiger partial charge in [-0.1, -0.05) is 36.4 Å². The summed E-state index contributed by atoms with van der Waals surface area (Å²) in [4.78, 5) is -0.328. The van der Waals surface area contributed by atoms with E-state index in [-0.39, 0.29) is 51.6 Å². The SMILES string of the molecule is Cc1ccc(N=Nc2c(O)ccc3ccccc23)c(S(=O)(=O)O)c1.[Na]. The van der Waals surface area contributed by atoms with Crippen molar-refractivity contribution >= 4 is 61.8 Å². The maximum Gasteiger partial charge on any atom is 0.296 e. The maximum absolute atomic E-state index is 11.5. The second-order valence-electron chi connectivity index (χ2n) is 5.30. The summed E-state index contributed by atoms with van der Waals surface area (Å²) in [6.07, 6.45) is 0. The second kappa shape index (κ2) is 7.63. The van der Waals surface area contributed by atoms with Crippen molar-refractivity contribution in [1.82, 2.24) is 0 Å². The molecule has 0 heterocycles. The Kier molecular flexibility index (Phi) is 5.97. The smallest absolute Gasteiger partial charge is 0.296 e. The molecule has 3 aromatic rings. The summed E-state index contributed by atoms with van der Waals surface area (Å²) in [6, 6.07) is 15.0. The summed E-state index contributed by atoms with van der Waals surface area (Å²) in [5, 5.41) is 19.5. The van der Waals surface area contributed by atoms with E-state index in [2.05, 4.69) is 10.2 Å². The Balaban J connectivity index is 0.00000225. The maximum atomic E-state index is 11.5. The van der Waals surface area contributed by atoms with Gasteiger partial charge in [0.1, 0.15) is 22.0 Å². The molecule has 0 spiro atoms. The molecule has 25 heavy (non-hydrogen) atoms. The molecular formula is C17H14N2NaO4S. The Morgan fingerprint density at radius 2 is 1.68 bits per heavy atom. The topological polar surface area (TPSA) is 99.3 Å². The van der Waals surface area contributed by atoms with Crippen molar-refractivity contribution in [2.75, 3.05) is 0 Å². The number of benzene rings is 3. The molecule has 0 unspecified atom stereocenters. The Hall–Kier alpha value is -1.77. The second-order valence-corrected chi connectivity index (χ2v) is 6.69. The van der Waals surface area contributed by atoms with Gasteiger partial charge in [-0.05, 0) is 36.1 Å². The number of aryl methyl sites for hydroxylation is 1. The van der Waals surface area contributed by atoms with Gasteiger partial charge in [-0.2, -0.15) is 8.42 Å². The molecule has 1 radical (unpaired) electrons. The van der Waals surface area contributed by atoms with Crippen molar-refractivity contribution in [3.63, 3.8) is 0 Å². The fourth-order valence-corrected chi connectivity index (χ4v) is 3.07. The zero-order chi connectivity index (χ0) is 17.3. The minimum Gasteiger partial charge on any atom is -0.506 e. The molecule has 8 heteroatoms. The van der Waals surface area contributed by atoms with E-state index in [4.69, 9.17) is 0 Å². The molecule has 3 aromatic carbocycles. The van der Waals surface area contributed by atoms with E-state index < -0.39 is 10.1 Å². The van der Waals surface area contributed by atoms with Crippen LogP contribution in [-0.4, -0.2) is 47.6 Å². The third kappa shape index (κ3) is 4.26. The van der Waals surface area contributed by atoms with Crippen LogP contribution in [0, 0.1) is 6.92 Å². The number of hydrogen-bond acceptors (Lipinski definition) is 5. The first-order valence-corrected chi connectivity index (χ1v) is 8.51. The Morgan fingerprint density at radius 1 is 0.960 bits per heavy atom. The fourth-order valence-electron chi connectivity index (χ4n) is 2.36. The molecule has 0 saturated carbocycles. The molecule has 2 N–H and O–H groups in total. The third-order valence-corrected chi connectivity index (χ3v) is 4.41. The average Bonchev–Trinajstić information content (AvgIpc) is 2.54. The summed E-state index contributed by atoms with van der Waals surface area (Å²) in [5.41, 5.74) is 0.889. The van der Waals surface area contributed by atoms with Crippen molar-refractivity contribution in [3.05, 3.63) is 60.2 Å². The monoisotopic (exact) mass is 365 g/mol. The van der Waals surface area contributed by atoms with Crippen LogP contribution in [0.3, 0.4) is 0 Å². The molecule has 0 fully saturated rings. The number of phenolic OH excluding ortho intramolecular Hbond substituents is 1. The first kappa shape index (κ1) is 19.6. The minimum atomic E-state index is -4.43. The molecular weight excluding hydrogens is 351 g/mol. The molecule has 6 nitrogen and oxygen atoms in total. The molecule has 0 aliphatic rings. The number of hydrogen-bond donors (Lipinski definition) is 2. The Labute approximate surface area is 167 Å². The first-order valence-electron chi connectivity index (χ1n) is 7.07. The molecule has 0 saturated heterocycles. The van der Waals surface area contributed by atoms with Crippen molar-refractivity contribution < 1.29 is 18.1 Å². The number of aromatic hydroxyl groups is 1. The van der Waals surface area contributed by atoms with Crippen LogP contribution >= 0.6 is 0 Å². The van der Waals surface area contributed by atoms with Crippen LogP contribution in [0.1, 0.15) is 5.56 Å². The number of azo groups is 1. The quantitative estimate of drug-likeness (QED) is 0.414. The van der Waals surface area contributed by atoms with Gasteiger partial charge >= 0.3 is 0 Å². The summed E-state index contributed by atoms with van der Waals surface area (Å²) in [7, 11) is -4.43. The largest absolute Gasteiger partial charge is 0.506 e. The van der Waals surface area contributed by atoms with Crippen LogP contribution in [-0.2, 0) is 10.1 Å². The van der Waals surface area contributed by atoms with Crippen molar-refractivity contribution in [1.29, 1.82) is 0 Å². The van der Waals surface area contributed by atoms with Gasteiger partial charge in [0.05, 0.1) is 0 Å². The molecule has 0 aromatic heterocycles. The zero-order valence-electron chi connectivity index (χ0n) is 13.7. The predicted molar refractivity (Wildman–Crippen MR) is 96.5 cm³/mol. The molecule has 0 amide bonds. The van der Waals surface area contributed by atoms with E-state index in [0.717, 1.165) is 5.39 Å².